The van der Waals surface area contributed by atoms with Crippen LogP contribution in [0.1, 0.15) is 18.6 Å². The minimum atomic E-state index is -0.472. The van der Waals surface area contributed by atoms with E-state index < -0.39 is 5.25 Å². The summed E-state index contributed by atoms with van der Waals surface area (Å²) < 4.78 is 1.39. The molecule has 1 heterocycles. The van der Waals surface area contributed by atoms with E-state index in [9.17, 15) is 9.59 Å². The number of hydrogen-bond acceptors (Lipinski definition) is 5. The number of halogens is 1. The van der Waals surface area contributed by atoms with Crippen molar-refractivity contribution in [3.63, 3.8) is 0 Å². The van der Waals surface area contributed by atoms with Crippen molar-refractivity contribution in [2.45, 2.75) is 24.3 Å². The van der Waals surface area contributed by atoms with Crippen molar-refractivity contribution in [2.24, 2.45) is 0 Å². The largest absolute Gasteiger partial charge is 0.325 e. The van der Waals surface area contributed by atoms with Crippen molar-refractivity contribution in [2.75, 3.05) is 5.32 Å². The molecule has 0 aliphatic rings. The second kappa shape index (κ2) is 8.37. The second-order valence-corrected chi connectivity index (χ2v) is 7.53. The van der Waals surface area contributed by atoms with Crippen LogP contribution >= 0.6 is 23.4 Å². The molecule has 0 bridgehead atoms. The molecule has 0 saturated carbocycles. The Bertz CT molecular complexity index is 975. The van der Waals surface area contributed by atoms with Crippen LogP contribution in [0.15, 0.2) is 59.8 Å². The fourth-order valence-corrected chi connectivity index (χ4v) is 3.50. The van der Waals surface area contributed by atoms with Crippen LogP contribution in [0, 0.1) is 0 Å². The van der Waals surface area contributed by atoms with Crippen LogP contribution in [-0.4, -0.2) is 31.8 Å². The summed E-state index contributed by atoms with van der Waals surface area (Å²) in [5.41, 5.74) is 1.39. The fourth-order valence-electron chi connectivity index (χ4n) is 2.42. The molecule has 0 saturated heterocycles. The lowest BCUT2D eigenvalue weighted by molar-refractivity contribution is -0.115. The minimum absolute atomic E-state index is 0.186. The standard InChI is InChI=1S/C19H17ClN4O2S/c1-12(18(26)21-16-9-4-3-5-10-16)27-19-23-22-17(24(19)13(2)25)14-7-6-8-15(20)11-14/h3-12H,1-2H3,(H,21,26). The van der Waals surface area contributed by atoms with Gasteiger partial charge in [-0.3, -0.25) is 9.59 Å². The van der Waals surface area contributed by atoms with Gasteiger partial charge in [-0.15, -0.1) is 10.2 Å². The highest BCUT2D eigenvalue weighted by Crippen LogP contribution is 2.28. The van der Waals surface area contributed by atoms with E-state index in [4.69, 9.17) is 11.6 Å². The van der Waals surface area contributed by atoms with Crippen LogP contribution in [0.25, 0.3) is 11.4 Å². The SMILES string of the molecule is CC(=O)n1c(SC(C)C(=O)Nc2ccccc2)nnc1-c1cccc(Cl)c1. The summed E-state index contributed by atoms with van der Waals surface area (Å²) in [6.07, 6.45) is 0. The van der Waals surface area contributed by atoms with Gasteiger partial charge in [0, 0.05) is 23.2 Å². The van der Waals surface area contributed by atoms with E-state index in [0.29, 0.717) is 27.3 Å². The van der Waals surface area contributed by atoms with Crippen LogP contribution in [0.2, 0.25) is 5.02 Å². The van der Waals surface area contributed by atoms with Gasteiger partial charge < -0.3 is 5.32 Å². The van der Waals surface area contributed by atoms with Gasteiger partial charge >= 0.3 is 0 Å². The van der Waals surface area contributed by atoms with Crippen molar-refractivity contribution in [1.29, 1.82) is 0 Å². The maximum Gasteiger partial charge on any atom is 0.237 e. The molecular formula is C19H17ClN4O2S. The number of nitrogens with zero attached hydrogens (tertiary/aromatic N) is 3. The Labute approximate surface area is 165 Å². The summed E-state index contributed by atoms with van der Waals surface area (Å²) in [5.74, 6) is -0.0371. The number of thioether (sulfide) groups is 1. The summed E-state index contributed by atoms with van der Waals surface area (Å²) in [6.45, 7) is 3.18. The highest BCUT2D eigenvalue weighted by atomic mass is 35.5. The van der Waals surface area contributed by atoms with Crippen molar-refractivity contribution in [3.05, 3.63) is 59.6 Å². The maximum absolute atomic E-state index is 12.4. The predicted molar refractivity (Wildman–Crippen MR) is 107 cm³/mol. The quantitative estimate of drug-likeness (QED) is 0.643. The van der Waals surface area contributed by atoms with E-state index in [0.717, 1.165) is 0 Å². The fraction of sp³-hybridized carbons (Fsp3) is 0.158. The van der Waals surface area contributed by atoms with Gasteiger partial charge in [-0.25, -0.2) is 4.57 Å². The van der Waals surface area contributed by atoms with Gasteiger partial charge in [-0.1, -0.05) is 53.7 Å². The number of hydrogen-bond donors (Lipinski definition) is 1. The third-order valence-electron chi connectivity index (χ3n) is 3.72. The van der Waals surface area contributed by atoms with Gasteiger partial charge in [-0.2, -0.15) is 0 Å². The Morgan fingerprint density at radius 1 is 1.11 bits per heavy atom. The summed E-state index contributed by atoms with van der Waals surface area (Å²) in [7, 11) is 0. The average Bonchev–Trinajstić information content (AvgIpc) is 3.06. The van der Waals surface area contributed by atoms with Crippen LogP contribution < -0.4 is 5.32 Å². The molecule has 3 rings (SSSR count). The Balaban J connectivity index is 1.82. The molecule has 1 amide bonds. The molecule has 0 fully saturated rings. The molecular weight excluding hydrogens is 384 g/mol. The first-order valence-corrected chi connectivity index (χ1v) is 9.46. The zero-order valence-electron chi connectivity index (χ0n) is 14.7. The van der Waals surface area contributed by atoms with Crippen LogP contribution in [0.3, 0.4) is 0 Å². The van der Waals surface area contributed by atoms with E-state index in [1.807, 2.05) is 30.3 Å². The van der Waals surface area contributed by atoms with Crippen LogP contribution in [0.4, 0.5) is 5.69 Å². The van der Waals surface area contributed by atoms with E-state index in [1.54, 1.807) is 31.2 Å². The average molecular weight is 401 g/mol. The molecule has 0 aliphatic heterocycles. The number of para-hydroxylation sites is 1. The normalized spacial score (nSPS) is 11.8. The van der Waals surface area contributed by atoms with Crippen LogP contribution in [0.5, 0.6) is 0 Å². The van der Waals surface area contributed by atoms with Gasteiger partial charge in [0.05, 0.1) is 5.25 Å². The molecule has 1 atom stereocenters. The van der Waals surface area contributed by atoms with E-state index in [-0.39, 0.29) is 11.8 Å². The molecule has 1 aromatic heterocycles. The van der Waals surface area contributed by atoms with E-state index >= 15 is 0 Å². The molecule has 6 nitrogen and oxygen atoms in total. The number of benzene rings is 2. The first kappa shape index (κ1) is 19.1. The zero-order valence-corrected chi connectivity index (χ0v) is 16.3. The molecule has 1 unspecified atom stereocenters. The lowest BCUT2D eigenvalue weighted by Gasteiger charge is -2.12. The van der Waals surface area contributed by atoms with Crippen molar-refractivity contribution >= 4 is 40.9 Å². The highest BCUT2D eigenvalue weighted by molar-refractivity contribution is 8.00. The number of amides is 1. The van der Waals surface area contributed by atoms with Gasteiger partial charge in [0.2, 0.25) is 11.8 Å². The summed E-state index contributed by atoms with van der Waals surface area (Å²) in [6, 6.07) is 16.2. The molecule has 27 heavy (non-hydrogen) atoms. The number of nitrogens with one attached hydrogen (secondary N) is 1. The van der Waals surface area contributed by atoms with Gasteiger partial charge in [0.15, 0.2) is 11.0 Å². The first-order valence-electron chi connectivity index (χ1n) is 8.20. The van der Waals surface area contributed by atoms with Crippen molar-refractivity contribution in [1.82, 2.24) is 14.8 Å². The lowest BCUT2D eigenvalue weighted by atomic mass is 10.2. The topological polar surface area (TPSA) is 76.9 Å². The van der Waals surface area contributed by atoms with Crippen molar-refractivity contribution in [3.8, 4) is 11.4 Å². The molecule has 2 aromatic carbocycles. The Kier molecular flexibility index (Phi) is 5.93. The molecule has 0 aliphatic carbocycles. The summed E-state index contributed by atoms with van der Waals surface area (Å²) in [4.78, 5) is 24.6. The number of carbonyl (C=O) groups excluding carboxylic acids is 2. The Morgan fingerprint density at radius 2 is 1.85 bits per heavy atom. The Hall–Kier alpha value is -2.64. The highest BCUT2D eigenvalue weighted by Gasteiger charge is 2.23. The lowest BCUT2D eigenvalue weighted by Crippen LogP contribution is -2.23. The molecule has 8 heteroatoms. The molecule has 1 N–H and O–H groups in total. The third kappa shape index (κ3) is 4.56. The monoisotopic (exact) mass is 400 g/mol. The predicted octanol–water partition coefficient (Wildman–Crippen LogP) is 4.38. The maximum atomic E-state index is 12.4. The summed E-state index contributed by atoms with van der Waals surface area (Å²) in [5, 5.41) is 11.5. The summed E-state index contributed by atoms with van der Waals surface area (Å²) >= 11 is 7.20. The zero-order chi connectivity index (χ0) is 19.4. The third-order valence-corrected chi connectivity index (χ3v) is 5.00. The minimum Gasteiger partial charge on any atom is -0.325 e. The van der Waals surface area contributed by atoms with E-state index in [1.165, 1.54) is 23.3 Å². The Morgan fingerprint density at radius 3 is 2.52 bits per heavy atom. The second-order valence-electron chi connectivity index (χ2n) is 5.79. The van der Waals surface area contributed by atoms with Gasteiger partial charge in [-0.05, 0) is 31.2 Å². The van der Waals surface area contributed by atoms with E-state index in [2.05, 4.69) is 15.5 Å². The molecule has 0 spiro atoms. The van der Waals surface area contributed by atoms with Crippen LogP contribution in [-0.2, 0) is 4.79 Å². The molecule has 3 aromatic rings. The van der Waals surface area contributed by atoms with Crippen molar-refractivity contribution < 1.29 is 9.59 Å². The number of carbonyl (C=O) groups is 2. The first-order chi connectivity index (χ1) is 13.0. The smallest absolute Gasteiger partial charge is 0.237 e. The van der Waals surface area contributed by atoms with Gasteiger partial charge in [0.1, 0.15) is 0 Å². The molecule has 138 valence electrons. The number of aromatic nitrogens is 3. The number of anilines is 1. The number of rotatable bonds is 5. The van der Waals surface area contributed by atoms with Gasteiger partial charge in [0.25, 0.3) is 0 Å². The molecule has 0 radical (unpaired) electrons.